The molecule has 1 aromatic carbocycles. The zero-order valence-corrected chi connectivity index (χ0v) is 15.1. The summed E-state index contributed by atoms with van der Waals surface area (Å²) in [5.41, 5.74) is 4.38. The smallest absolute Gasteiger partial charge is 0.341 e. The fraction of sp³-hybridized carbons (Fsp3) is 0.235. The number of halogens is 2. The van der Waals surface area contributed by atoms with Gasteiger partial charge in [-0.05, 0) is 43.0 Å². The molecule has 26 heavy (non-hydrogen) atoms. The van der Waals surface area contributed by atoms with Gasteiger partial charge in [-0.25, -0.2) is 18.5 Å². The molecule has 1 heterocycles. The van der Waals surface area contributed by atoms with Gasteiger partial charge in [0.05, 0.1) is 12.3 Å². The van der Waals surface area contributed by atoms with Crippen LogP contribution in [0.15, 0.2) is 39.6 Å². The molecular formula is C17H15BrFN3O4. The average molecular weight is 424 g/mol. The van der Waals surface area contributed by atoms with Gasteiger partial charge < -0.3 is 15.8 Å². The Bertz CT molecular complexity index is 940. The zero-order valence-electron chi connectivity index (χ0n) is 13.5. The summed E-state index contributed by atoms with van der Waals surface area (Å²) < 4.78 is 20.4. The lowest BCUT2D eigenvalue weighted by molar-refractivity contribution is 0.0486. The number of ether oxygens (including phenoxy) is 1. The van der Waals surface area contributed by atoms with E-state index in [4.69, 9.17) is 10.5 Å². The van der Waals surface area contributed by atoms with Crippen LogP contribution in [0, 0.1) is 11.7 Å². The molecule has 1 aromatic heterocycles. The van der Waals surface area contributed by atoms with Crippen LogP contribution < -0.4 is 16.6 Å². The first kappa shape index (κ1) is 18.1. The van der Waals surface area contributed by atoms with Crippen LogP contribution in [0.3, 0.4) is 0 Å². The second-order valence-electron chi connectivity index (χ2n) is 5.90. The molecule has 0 spiro atoms. The molecule has 136 valence electrons. The Balaban J connectivity index is 2.03. The lowest BCUT2D eigenvalue weighted by atomic mass is 10.2. The summed E-state index contributed by atoms with van der Waals surface area (Å²) in [4.78, 5) is 36.1. The van der Waals surface area contributed by atoms with Crippen molar-refractivity contribution in [2.45, 2.75) is 12.8 Å². The van der Waals surface area contributed by atoms with Gasteiger partial charge >= 0.3 is 12.0 Å². The number of amides is 1. The number of pyridine rings is 1. The van der Waals surface area contributed by atoms with E-state index in [1.807, 2.05) is 0 Å². The lowest BCUT2D eigenvalue weighted by Crippen LogP contribution is -2.34. The van der Waals surface area contributed by atoms with Gasteiger partial charge in [-0.15, -0.1) is 0 Å². The van der Waals surface area contributed by atoms with E-state index in [-0.39, 0.29) is 23.7 Å². The molecule has 3 rings (SSSR count). The maximum Gasteiger partial charge on any atom is 0.341 e. The van der Waals surface area contributed by atoms with Crippen LogP contribution in [0.25, 0.3) is 0 Å². The van der Waals surface area contributed by atoms with Crippen molar-refractivity contribution in [2.75, 3.05) is 11.9 Å². The van der Waals surface area contributed by atoms with E-state index in [1.54, 1.807) is 6.07 Å². The van der Waals surface area contributed by atoms with E-state index in [2.05, 4.69) is 21.2 Å². The number of anilines is 2. The summed E-state index contributed by atoms with van der Waals surface area (Å²) in [7, 11) is 0. The molecule has 0 aliphatic heterocycles. The molecule has 9 heteroatoms. The zero-order chi connectivity index (χ0) is 18.8. The first-order valence-corrected chi connectivity index (χ1v) is 8.61. The van der Waals surface area contributed by atoms with Crippen molar-refractivity contribution in [3.63, 3.8) is 0 Å². The van der Waals surface area contributed by atoms with Crippen molar-refractivity contribution in [1.82, 2.24) is 4.57 Å². The summed E-state index contributed by atoms with van der Waals surface area (Å²) in [6, 6.07) is 5.29. The van der Waals surface area contributed by atoms with Gasteiger partial charge in [-0.3, -0.25) is 4.79 Å². The summed E-state index contributed by atoms with van der Waals surface area (Å²) in [5, 5.41) is 2.61. The Morgan fingerprint density at radius 2 is 2.04 bits per heavy atom. The summed E-state index contributed by atoms with van der Waals surface area (Å²) in [6.07, 6.45) is 1.98. The standard InChI is InChI=1S/C17H15BrFN3O4/c18-10-3-5-13(12(19)7-10)21-15-11(16(24)26-8-9-1-2-9)4-6-14(23)22(15)17(20)25/h3-7,9,21H,1-2,8H2,(H2,20,25). The molecule has 1 saturated carbocycles. The molecule has 0 bridgehead atoms. The monoisotopic (exact) mass is 423 g/mol. The SMILES string of the molecule is NC(=O)n1c(Nc2ccc(Br)cc2F)c(C(=O)OCC2CC2)ccc1=O. The maximum absolute atomic E-state index is 14.2. The fourth-order valence-electron chi connectivity index (χ4n) is 2.32. The highest BCUT2D eigenvalue weighted by Crippen LogP contribution is 2.30. The summed E-state index contributed by atoms with van der Waals surface area (Å²) in [6.45, 7) is 0.251. The van der Waals surface area contributed by atoms with Gasteiger partial charge in [0.2, 0.25) is 0 Å². The number of benzene rings is 1. The molecule has 0 atom stereocenters. The Morgan fingerprint density at radius 3 is 2.65 bits per heavy atom. The van der Waals surface area contributed by atoms with Crippen molar-refractivity contribution in [3.05, 3.63) is 56.5 Å². The minimum atomic E-state index is -1.10. The Hall–Kier alpha value is -2.68. The molecule has 1 aliphatic carbocycles. The number of esters is 1. The third-order valence-electron chi connectivity index (χ3n) is 3.86. The number of aromatic nitrogens is 1. The predicted octanol–water partition coefficient (Wildman–Crippen LogP) is 2.99. The number of primary amides is 1. The number of nitrogens with one attached hydrogen (secondary N) is 1. The normalized spacial score (nSPS) is 13.3. The summed E-state index contributed by atoms with van der Waals surface area (Å²) >= 11 is 3.14. The highest BCUT2D eigenvalue weighted by Gasteiger charge is 2.26. The molecule has 1 aliphatic rings. The number of nitrogens with zero attached hydrogens (tertiary/aromatic N) is 1. The lowest BCUT2D eigenvalue weighted by Gasteiger charge is -2.16. The van der Waals surface area contributed by atoms with E-state index < -0.39 is 23.4 Å². The molecule has 1 amide bonds. The molecule has 0 unspecified atom stereocenters. The molecule has 3 N–H and O–H groups in total. The van der Waals surface area contributed by atoms with Gasteiger partial charge in [0.1, 0.15) is 17.2 Å². The Labute approximate surface area is 156 Å². The number of rotatable bonds is 5. The quantitative estimate of drug-likeness (QED) is 0.719. The first-order chi connectivity index (χ1) is 12.4. The number of hydrogen-bond acceptors (Lipinski definition) is 5. The van der Waals surface area contributed by atoms with Crippen LogP contribution in [0.2, 0.25) is 0 Å². The minimum absolute atomic E-state index is 0.0370. The van der Waals surface area contributed by atoms with E-state index in [9.17, 15) is 18.8 Å². The van der Waals surface area contributed by atoms with Crippen LogP contribution in [0.5, 0.6) is 0 Å². The molecule has 0 saturated heterocycles. The average Bonchev–Trinajstić information content (AvgIpc) is 3.39. The van der Waals surface area contributed by atoms with Crippen LogP contribution >= 0.6 is 15.9 Å². The van der Waals surface area contributed by atoms with Crippen molar-refractivity contribution >= 4 is 39.4 Å². The number of nitrogens with two attached hydrogens (primary N) is 1. The number of hydrogen-bond donors (Lipinski definition) is 2. The van der Waals surface area contributed by atoms with Crippen molar-refractivity contribution < 1.29 is 18.7 Å². The largest absolute Gasteiger partial charge is 0.462 e. The second kappa shape index (κ2) is 7.28. The highest BCUT2D eigenvalue weighted by atomic mass is 79.9. The fourth-order valence-corrected chi connectivity index (χ4v) is 2.65. The number of carbonyl (C=O) groups excluding carboxylic acids is 2. The third kappa shape index (κ3) is 3.93. The van der Waals surface area contributed by atoms with E-state index in [0.717, 1.165) is 18.9 Å². The second-order valence-corrected chi connectivity index (χ2v) is 6.81. The Kier molecular flexibility index (Phi) is 5.08. The first-order valence-electron chi connectivity index (χ1n) is 7.82. The van der Waals surface area contributed by atoms with Gasteiger partial charge in [0.25, 0.3) is 5.56 Å². The van der Waals surface area contributed by atoms with Crippen LogP contribution in [0.1, 0.15) is 23.2 Å². The van der Waals surface area contributed by atoms with Crippen LogP contribution in [-0.2, 0) is 4.74 Å². The topological polar surface area (TPSA) is 103 Å². The van der Waals surface area contributed by atoms with Gasteiger partial charge in [-0.1, -0.05) is 15.9 Å². The van der Waals surface area contributed by atoms with Gasteiger partial charge in [-0.2, -0.15) is 0 Å². The van der Waals surface area contributed by atoms with Crippen LogP contribution in [0.4, 0.5) is 20.7 Å². The van der Waals surface area contributed by atoms with Gasteiger partial charge in [0.15, 0.2) is 0 Å². The molecule has 2 aromatic rings. The Morgan fingerprint density at radius 1 is 1.31 bits per heavy atom. The van der Waals surface area contributed by atoms with Crippen LogP contribution in [-0.4, -0.2) is 23.2 Å². The maximum atomic E-state index is 14.2. The van der Waals surface area contributed by atoms with Crippen molar-refractivity contribution in [3.8, 4) is 0 Å². The summed E-state index contributed by atoms with van der Waals surface area (Å²) in [5.74, 6) is -1.29. The molecule has 1 fully saturated rings. The van der Waals surface area contributed by atoms with E-state index in [0.29, 0.717) is 15.0 Å². The third-order valence-corrected chi connectivity index (χ3v) is 4.36. The van der Waals surface area contributed by atoms with E-state index in [1.165, 1.54) is 18.2 Å². The van der Waals surface area contributed by atoms with Crippen molar-refractivity contribution in [2.24, 2.45) is 11.7 Å². The number of carbonyl (C=O) groups is 2. The molecule has 7 nitrogen and oxygen atoms in total. The van der Waals surface area contributed by atoms with Crippen molar-refractivity contribution in [1.29, 1.82) is 0 Å². The molecular weight excluding hydrogens is 409 g/mol. The minimum Gasteiger partial charge on any atom is -0.462 e. The highest BCUT2D eigenvalue weighted by molar-refractivity contribution is 9.10. The predicted molar refractivity (Wildman–Crippen MR) is 96.1 cm³/mol. The molecule has 0 radical (unpaired) electrons. The van der Waals surface area contributed by atoms with E-state index >= 15 is 0 Å². The van der Waals surface area contributed by atoms with Gasteiger partial charge in [0, 0.05) is 10.5 Å².